The molecule has 0 atom stereocenters. The van der Waals surface area contributed by atoms with Crippen molar-refractivity contribution in [3.05, 3.63) is 23.4 Å². The molecule has 0 aromatic carbocycles. The molecular weight excluding hydrogens is 252 g/mol. The summed E-state index contributed by atoms with van der Waals surface area (Å²) in [7, 11) is -3.09. The van der Waals surface area contributed by atoms with Crippen LogP contribution in [0.4, 0.5) is 0 Å². The van der Waals surface area contributed by atoms with Gasteiger partial charge in [-0.25, -0.2) is 13.4 Å². The van der Waals surface area contributed by atoms with Crippen molar-refractivity contribution in [2.45, 2.75) is 6.10 Å². The SMILES string of the molecule is CS(=O)(=O)N1CC(Oc2ccc(Cl)cn2)C1. The first-order valence-corrected chi connectivity index (χ1v) is 6.91. The minimum absolute atomic E-state index is 0.122. The number of nitrogens with zero attached hydrogens (tertiary/aromatic N) is 2. The number of halogens is 1. The van der Waals surface area contributed by atoms with Crippen LogP contribution in [0.15, 0.2) is 18.3 Å². The molecule has 0 amide bonds. The minimum Gasteiger partial charge on any atom is -0.472 e. The molecule has 16 heavy (non-hydrogen) atoms. The van der Waals surface area contributed by atoms with E-state index in [1.807, 2.05) is 0 Å². The van der Waals surface area contributed by atoms with Crippen LogP contribution in [0.25, 0.3) is 0 Å². The molecular formula is C9H11ClN2O3S. The maximum absolute atomic E-state index is 11.1. The van der Waals surface area contributed by atoms with Crippen molar-refractivity contribution >= 4 is 21.6 Å². The molecule has 1 aliphatic heterocycles. The first-order chi connectivity index (χ1) is 7.45. The third kappa shape index (κ3) is 2.63. The Kier molecular flexibility index (Phi) is 3.05. The third-order valence-corrected chi connectivity index (χ3v) is 3.73. The molecule has 0 spiro atoms. The molecule has 0 radical (unpaired) electrons. The average molecular weight is 263 g/mol. The van der Waals surface area contributed by atoms with Crippen LogP contribution in [0, 0.1) is 0 Å². The Morgan fingerprint density at radius 2 is 2.19 bits per heavy atom. The maximum Gasteiger partial charge on any atom is 0.213 e. The van der Waals surface area contributed by atoms with Crippen LogP contribution in [-0.4, -0.2) is 43.2 Å². The van der Waals surface area contributed by atoms with Crippen LogP contribution >= 0.6 is 11.6 Å². The van der Waals surface area contributed by atoms with Crippen molar-refractivity contribution in [1.29, 1.82) is 0 Å². The van der Waals surface area contributed by atoms with Crippen molar-refractivity contribution in [2.75, 3.05) is 19.3 Å². The molecule has 1 saturated heterocycles. The highest BCUT2D eigenvalue weighted by Crippen LogP contribution is 2.19. The van der Waals surface area contributed by atoms with Crippen molar-refractivity contribution in [1.82, 2.24) is 9.29 Å². The van der Waals surface area contributed by atoms with Crippen molar-refractivity contribution in [2.24, 2.45) is 0 Å². The van der Waals surface area contributed by atoms with Gasteiger partial charge in [-0.15, -0.1) is 0 Å². The van der Waals surface area contributed by atoms with Gasteiger partial charge in [-0.05, 0) is 6.07 Å². The molecule has 0 aliphatic carbocycles. The predicted molar refractivity (Wildman–Crippen MR) is 60.1 cm³/mol. The lowest BCUT2D eigenvalue weighted by Crippen LogP contribution is -2.55. The lowest BCUT2D eigenvalue weighted by molar-refractivity contribution is 0.0726. The number of rotatable bonds is 3. The Morgan fingerprint density at radius 1 is 1.50 bits per heavy atom. The van der Waals surface area contributed by atoms with E-state index in [0.717, 1.165) is 0 Å². The standard InChI is InChI=1S/C9H11ClN2O3S/c1-16(13,14)12-5-8(6-12)15-9-3-2-7(10)4-11-9/h2-4,8H,5-6H2,1H3. The molecule has 88 valence electrons. The molecule has 2 rings (SSSR count). The fourth-order valence-corrected chi connectivity index (χ4v) is 2.33. The number of pyridine rings is 1. The average Bonchev–Trinajstić information content (AvgIpc) is 2.11. The number of hydrogen-bond donors (Lipinski definition) is 0. The summed E-state index contributed by atoms with van der Waals surface area (Å²) in [4.78, 5) is 3.97. The second-order valence-electron chi connectivity index (χ2n) is 3.63. The van der Waals surface area contributed by atoms with Gasteiger partial charge in [-0.3, -0.25) is 0 Å². The Labute approximate surface area is 99.0 Å². The molecule has 0 saturated carbocycles. The van der Waals surface area contributed by atoms with E-state index in [4.69, 9.17) is 16.3 Å². The Bertz CT molecular complexity index is 468. The van der Waals surface area contributed by atoms with E-state index < -0.39 is 10.0 Å². The summed E-state index contributed by atoms with van der Waals surface area (Å²) >= 11 is 5.67. The van der Waals surface area contributed by atoms with E-state index in [2.05, 4.69) is 4.98 Å². The highest BCUT2D eigenvalue weighted by atomic mass is 35.5. The zero-order valence-electron chi connectivity index (χ0n) is 8.63. The summed E-state index contributed by atoms with van der Waals surface area (Å²) in [5.74, 6) is 0.461. The fourth-order valence-electron chi connectivity index (χ4n) is 1.35. The van der Waals surface area contributed by atoms with Crippen LogP contribution in [0.5, 0.6) is 5.88 Å². The number of ether oxygens (including phenoxy) is 1. The van der Waals surface area contributed by atoms with Gasteiger partial charge >= 0.3 is 0 Å². The van der Waals surface area contributed by atoms with Gasteiger partial charge in [0.05, 0.1) is 24.4 Å². The normalized spacial score (nSPS) is 18.1. The second-order valence-corrected chi connectivity index (χ2v) is 6.05. The van der Waals surface area contributed by atoms with E-state index in [1.54, 1.807) is 12.1 Å². The minimum atomic E-state index is -3.09. The van der Waals surface area contributed by atoms with Gasteiger partial charge in [-0.2, -0.15) is 4.31 Å². The highest BCUT2D eigenvalue weighted by molar-refractivity contribution is 7.88. The van der Waals surface area contributed by atoms with Gasteiger partial charge in [0.15, 0.2) is 0 Å². The lowest BCUT2D eigenvalue weighted by Gasteiger charge is -2.36. The third-order valence-electron chi connectivity index (χ3n) is 2.27. The van der Waals surface area contributed by atoms with E-state index in [0.29, 0.717) is 24.0 Å². The van der Waals surface area contributed by atoms with E-state index >= 15 is 0 Å². The number of aromatic nitrogens is 1. The van der Waals surface area contributed by atoms with Crippen LogP contribution in [-0.2, 0) is 10.0 Å². The molecule has 0 N–H and O–H groups in total. The molecule has 2 heterocycles. The summed E-state index contributed by atoms with van der Waals surface area (Å²) in [5.41, 5.74) is 0. The summed E-state index contributed by atoms with van der Waals surface area (Å²) in [5, 5.41) is 0.540. The largest absolute Gasteiger partial charge is 0.472 e. The first-order valence-electron chi connectivity index (χ1n) is 4.68. The summed E-state index contributed by atoms with van der Waals surface area (Å²) < 4.78 is 29.0. The molecule has 1 aliphatic rings. The van der Waals surface area contributed by atoms with Gasteiger partial charge in [-0.1, -0.05) is 11.6 Å². The molecule has 1 fully saturated rings. The van der Waals surface area contributed by atoms with Crippen molar-refractivity contribution < 1.29 is 13.2 Å². The van der Waals surface area contributed by atoms with E-state index in [9.17, 15) is 8.42 Å². The summed E-state index contributed by atoms with van der Waals surface area (Å²) in [6.07, 6.45) is 2.55. The number of hydrogen-bond acceptors (Lipinski definition) is 4. The summed E-state index contributed by atoms with van der Waals surface area (Å²) in [6, 6.07) is 3.34. The van der Waals surface area contributed by atoms with Gasteiger partial charge in [0.1, 0.15) is 6.10 Å². The topological polar surface area (TPSA) is 59.5 Å². The molecule has 1 aromatic heterocycles. The molecule has 7 heteroatoms. The molecule has 5 nitrogen and oxygen atoms in total. The Hall–Kier alpha value is -0.850. The smallest absolute Gasteiger partial charge is 0.213 e. The quantitative estimate of drug-likeness (QED) is 0.807. The Balaban J connectivity index is 1.88. The van der Waals surface area contributed by atoms with Crippen molar-refractivity contribution in [3.8, 4) is 5.88 Å². The second kappa shape index (κ2) is 4.20. The van der Waals surface area contributed by atoms with E-state index in [-0.39, 0.29) is 6.10 Å². The highest BCUT2D eigenvalue weighted by Gasteiger charge is 2.34. The zero-order chi connectivity index (χ0) is 11.8. The van der Waals surface area contributed by atoms with Gasteiger partial charge in [0.2, 0.25) is 15.9 Å². The zero-order valence-corrected chi connectivity index (χ0v) is 10.2. The van der Waals surface area contributed by atoms with Crippen LogP contribution in [0.3, 0.4) is 0 Å². The molecule has 1 aromatic rings. The number of sulfonamides is 1. The van der Waals surface area contributed by atoms with Gasteiger partial charge < -0.3 is 4.74 Å². The Morgan fingerprint density at radius 3 is 2.69 bits per heavy atom. The van der Waals surface area contributed by atoms with Crippen molar-refractivity contribution in [3.63, 3.8) is 0 Å². The van der Waals surface area contributed by atoms with E-state index in [1.165, 1.54) is 16.8 Å². The first kappa shape index (κ1) is 11.6. The van der Waals surface area contributed by atoms with Crippen LogP contribution < -0.4 is 4.74 Å². The molecule has 0 unspecified atom stereocenters. The fraction of sp³-hybridized carbons (Fsp3) is 0.444. The summed E-state index contributed by atoms with van der Waals surface area (Å²) in [6.45, 7) is 0.756. The van der Waals surface area contributed by atoms with Crippen LogP contribution in [0.2, 0.25) is 5.02 Å². The van der Waals surface area contributed by atoms with Crippen LogP contribution in [0.1, 0.15) is 0 Å². The lowest BCUT2D eigenvalue weighted by atomic mass is 10.2. The predicted octanol–water partition coefficient (Wildman–Crippen LogP) is 0.758. The van der Waals surface area contributed by atoms with Gasteiger partial charge in [0, 0.05) is 12.3 Å². The van der Waals surface area contributed by atoms with Gasteiger partial charge in [0.25, 0.3) is 0 Å². The molecule has 0 bridgehead atoms. The monoisotopic (exact) mass is 262 g/mol. The maximum atomic E-state index is 11.1.